The Morgan fingerprint density at radius 2 is 2.04 bits per heavy atom. The van der Waals surface area contributed by atoms with Crippen LogP contribution in [0.3, 0.4) is 0 Å². The first kappa shape index (κ1) is 18.2. The van der Waals surface area contributed by atoms with Gasteiger partial charge >= 0.3 is 0 Å². The highest BCUT2D eigenvalue weighted by atomic mass is 16.5. The fourth-order valence-corrected chi connectivity index (χ4v) is 3.71. The molecule has 1 amide bonds. The number of amides is 1. The van der Waals surface area contributed by atoms with Crippen LogP contribution in [0.4, 0.5) is 0 Å². The van der Waals surface area contributed by atoms with Crippen molar-refractivity contribution in [3.05, 3.63) is 94.3 Å². The summed E-state index contributed by atoms with van der Waals surface area (Å²) in [5.74, 6) is 0.250. The van der Waals surface area contributed by atoms with Crippen LogP contribution >= 0.6 is 0 Å². The van der Waals surface area contributed by atoms with Crippen molar-refractivity contribution in [1.29, 1.82) is 0 Å². The summed E-state index contributed by atoms with van der Waals surface area (Å²) >= 11 is 0. The van der Waals surface area contributed by atoms with Crippen molar-refractivity contribution in [3.63, 3.8) is 0 Å². The number of ether oxygens (including phenoxy) is 1. The van der Waals surface area contributed by atoms with Crippen LogP contribution < -0.4 is 15.8 Å². The molecular formula is C23H23N3O2. The molecule has 0 spiro atoms. The smallest absolute Gasteiger partial charge is 0.249 e. The molecular weight excluding hydrogens is 350 g/mol. The van der Waals surface area contributed by atoms with E-state index in [4.69, 9.17) is 10.5 Å². The summed E-state index contributed by atoms with van der Waals surface area (Å²) in [5.41, 5.74) is 11.5. The van der Waals surface area contributed by atoms with Crippen molar-refractivity contribution < 1.29 is 9.53 Å². The van der Waals surface area contributed by atoms with Crippen molar-refractivity contribution in [3.8, 4) is 5.75 Å². The van der Waals surface area contributed by atoms with Gasteiger partial charge in [0.1, 0.15) is 12.4 Å². The minimum atomic E-state index is -0.438. The number of benzene rings is 2. The van der Waals surface area contributed by atoms with Gasteiger partial charge in [-0.25, -0.2) is 0 Å². The number of nitrogens with zero attached hydrogens (tertiary/aromatic N) is 1. The number of carbonyl (C=O) groups is 1. The molecule has 0 radical (unpaired) electrons. The van der Waals surface area contributed by atoms with Crippen molar-refractivity contribution in [2.24, 2.45) is 5.73 Å². The summed E-state index contributed by atoms with van der Waals surface area (Å²) in [5, 5.41) is 3.52. The first-order valence-corrected chi connectivity index (χ1v) is 9.41. The summed E-state index contributed by atoms with van der Waals surface area (Å²) in [4.78, 5) is 16.4. The normalized spacial score (nSPS) is 15.7. The largest absolute Gasteiger partial charge is 0.487 e. The van der Waals surface area contributed by atoms with E-state index in [0.717, 1.165) is 29.8 Å². The SMILES string of the molecule is Cc1ccnc(COc2ccc(C(N)=O)c(C3NCCc4ccccc43)c2)c1. The molecule has 0 aliphatic carbocycles. The summed E-state index contributed by atoms with van der Waals surface area (Å²) in [6.07, 6.45) is 2.74. The van der Waals surface area contributed by atoms with Gasteiger partial charge in [-0.3, -0.25) is 9.78 Å². The number of primary amides is 1. The summed E-state index contributed by atoms with van der Waals surface area (Å²) in [6.45, 7) is 3.24. The van der Waals surface area contributed by atoms with E-state index in [1.54, 1.807) is 18.3 Å². The molecule has 2 heterocycles. The number of rotatable bonds is 5. The first-order valence-electron chi connectivity index (χ1n) is 9.41. The highest BCUT2D eigenvalue weighted by Crippen LogP contribution is 2.32. The zero-order chi connectivity index (χ0) is 19.5. The zero-order valence-corrected chi connectivity index (χ0v) is 15.8. The molecule has 1 unspecified atom stereocenters. The molecule has 2 aromatic carbocycles. The van der Waals surface area contributed by atoms with E-state index in [-0.39, 0.29) is 6.04 Å². The van der Waals surface area contributed by atoms with Crippen molar-refractivity contribution in [2.45, 2.75) is 26.0 Å². The molecule has 1 aromatic heterocycles. The minimum Gasteiger partial charge on any atom is -0.487 e. The highest BCUT2D eigenvalue weighted by Gasteiger charge is 2.25. The van der Waals surface area contributed by atoms with Crippen molar-refractivity contribution >= 4 is 5.91 Å². The Hall–Kier alpha value is -3.18. The standard InChI is InChI=1S/C23H23N3O2/c1-15-8-10-25-17(12-15)14-28-18-6-7-20(23(24)27)21(13-18)22-19-5-3-2-4-16(19)9-11-26-22/h2-8,10,12-13,22,26H,9,11,14H2,1H3,(H2,24,27). The molecule has 5 nitrogen and oxygen atoms in total. The maximum atomic E-state index is 12.0. The van der Waals surface area contributed by atoms with Crippen molar-refractivity contribution in [2.75, 3.05) is 6.54 Å². The molecule has 3 N–H and O–H groups in total. The lowest BCUT2D eigenvalue weighted by atomic mass is 9.87. The van der Waals surface area contributed by atoms with Crippen molar-refractivity contribution in [1.82, 2.24) is 10.3 Å². The number of nitrogens with one attached hydrogen (secondary N) is 1. The maximum Gasteiger partial charge on any atom is 0.249 e. The average Bonchev–Trinajstić information content (AvgIpc) is 2.71. The van der Waals surface area contributed by atoms with Gasteiger partial charge in [0.05, 0.1) is 11.7 Å². The molecule has 1 aliphatic rings. The van der Waals surface area contributed by atoms with Crippen LogP contribution in [0.5, 0.6) is 5.75 Å². The van der Waals surface area contributed by atoms with Gasteiger partial charge in [0.25, 0.3) is 0 Å². The maximum absolute atomic E-state index is 12.0. The number of pyridine rings is 1. The molecule has 1 atom stereocenters. The van der Waals surface area contributed by atoms with E-state index in [0.29, 0.717) is 17.9 Å². The Labute approximate surface area is 164 Å². The number of hydrogen-bond acceptors (Lipinski definition) is 4. The number of aromatic nitrogens is 1. The van der Waals surface area contributed by atoms with Crippen LogP contribution in [0.2, 0.25) is 0 Å². The van der Waals surface area contributed by atoms with E-state index in [1.807, 2.05) is 37.3 Å². The number of carbonyl (C=O) groups excluding carboxylic acids is 1. The van der Waals surface area contributed by atoms with Gasteiger partial charge in [-0.05, 0) is 65.9 Å². The Morgan fingerprint density at radius 3 is 2.86 bits per heavy atom. The van der Waals surface area contributed by atoms with Crippen LogP contribution in [0.1, 0.15) is 44.3 Å². The third-order valence-corrected chi connectivity index (χ3v) is 5.07. The molecule has 0 saturated carbocycles. The number of hydrogen-bond donors (Lipinski definition) is 2. The molecule has 28 heavy (non-hydrogen) atoms. The van der Waals surface area contributed by atoms with Crippen LogP contribution in [-0.4, -0.2) is 17.4 Å². The highest BCUT2D eigenvalue weighted by molar-refractivity contribution is 5.95. The van der Waals surface area contributed by atoms with E-state index in [1.165, 1.54) is 11.1 Å². The van der Waals surface area contributed by atoms with Gasteiger partial charge in [0.15, 0.2) is 0 Å². The molecule has 0 fully saturated rings. The van der Waals surface area contributed by atoms with Gasteiger partial charge < -0.3 is 15.8 Å². The molecule has 5 heteroatoms. The second-order valence-corrected chi connectivity index (χ2v) is 7.06. The van der Waals surface area contributed by atoms with Gasteiger partial charge in [0, 0.05) is 18.3 Å². The molecule has 0 bridgehead atoms. The number of aryl methyl sites for hydroxylation is 1. The fourth-order valence-electron chi connectivity index (χ4n) is 3.71. The molecule has 4 rings (SSSR count). The molecule has 0 saturated heterocycles. The monoisotopic (exact) mass is 373 g/mol. The first-order chi connectivity index (χ1) is 13.6. The third-order valence-electron chi connectivity index (χ3n) is 5.07. The summed E-state index contributed by atoms with van der Waals surface area (Å²) in [6, 6.07) is 17.6. The summed E-state index contributed by atoms with van der Waals surface area (Å²) < 4.78 is 5.96. The number of fused-ring (bicyclic) bond motifs is 1. The molecule has 142 valence electrons. The lowest BCUT2D eigenvalue weighted by Crippen LogP contribution is -2.32. The average molecular weight is 373 g/mol. The quantitative estimate of drug-likeness (QED) is 0.719. The van der Waals surface area contributed by atoms with Gasteiger partial charge in [-0.15, -0.1) is 0 Å². The lowest BCUT2D eigenvalue weighted by molar-refractivity contribution is 0.0999. The second-order valence-electron chi connectivity index (χ2n) is 7.06. The van der Waals surface area contributed by atoms with Crippen LogP contribution in [0.15, 0.2) is 60.8 Å². The van der Waals surface area contributed by atoms with E-state index < -0.39 is 5.91 Å². The lowest BCUT2D eigenvalue weighted by Gasteiger charge is -2.28. The van der Waals surface area contributed by atoms with E-state index in [9.17, 15) is 4.79 Å². The summed E-state index contributed by atoms with van der Waals surface area (Å²) in [7, 11) is 0. The van der Waals surface area contributed by atoms with Gasteiger partial charge in [-0.1, -0.05) is 24.3 Å². The zero-order valence-electron chi connectivity index (χ0n) is 15.8. The molecule has 1 aliphatic heterocycles. The van der Waals surface area contributed by atoms with Crippen LogP contribution in [-0.2, 0) is 13.0 Å². The minimum absolute atomic E-state index is 0.0897. The van der Waals surface area contributed by atoms with Gasteiger partial charge in [-0.2, -0.15) is 0 Å². The Balaban J connectivity index is 1.66. The van der Waals surface area contributed by atoms with Crippen LogP contribution in [0, 0.1) is 6.92 Å². The second kappa shape index (κ2) is 7.82. The Kier molecular flexibility index (Phi) is 5.08. The Bertz CT molecular complexity index is 1020. The third kappa shape index (κ3) is 3.75. The van der Waals surface area contributed by atoms with E-state index in [2.05, 4.69) is 22.4 Å². The van der Waals surface area contributed by atoms with Gasteiger partial charge in [0.2, 0.25) is 5.91 Å². The predicted octanol–water partition coefficient (Wildman–Crippen LogP) is 3.30. The van der Waals surface area contributed by atoms with Crippen LogP contribution in [0.25, 0.3) is 0 Å². The number of nitrogens with two attached hydrogens (primary N) is 1. The van der Waals surface area contributed by atoms with E-state index >= 15 is 0 Å². The predicted molar refractivity (Wildman–Crippen MR) is 108 cm³/mol. The topological polar surface area (TPSA) is 77.2 Å². The molecule has 3 aromatic rings. The fraction of sp³-hybridized carbons (Fsp3) is 0.217. The Morgan fingerprint density at radius 1 is 1.18 bits per heavy atom.